The lowest BCUT2D eigenvalue weighted by Gasteiger charge is -2.44. The number of fused-ring (bicyclic) bond motifs is 1. The van der Waals surface area contributed by atoms with E-state index in [4.69, 9.17) is 21.3 Å². The van der Waals surface area contributed by atoms with Gasteiger partial charge in [0, 0.05) is 18.5 Å². The smallest absolute Gasteiger partial charge is 0.312 e. The maximum Gasteiger partial charge on any atom is 0.312 e. The normalized spacial score (nSPS) is 23.5. The largest absolute Gasteiger partial charge is 0.481 e. The molecule has 0 spiro atoms. The van der Waals surface area contributed by atoms with Crippen molar-refractivity contribution in [3.05, 3.63) is 47.0 Å². The number of nitrogens with one attached hydrogen (secondary N) is 2. The Morgan fingerprint density at radius 3 is 2.40 bits per heavy atom. The summed E-state index contributed by atoms with van der Waals surface area (Å²) in [6.45, 7) is 4.68. The fraction of sp³-hybridized carbons (Fsp3) is 0.467. The highest BCUT2D eigenvalue weighted by molar-refractivity contribution is 6.33. The summed E-state index contributed by atoms with van der Waals surface area (Å²) in [5.41, 5.74) is 2.53. The van der Waals surface area contributed by atoms with Crippen molar-refractivity contribution < 1.29 is 24.5 Å². The highest BCUT2D eigenvalue weighted by atomic mass is 35.5. The Morgan fingerprint density at radius 1 is 1.12 bits per heavy atom. The van der Waals surface area contributed by atoms with E-state index in [9.17, 15) is 19.8 Å². The molecule has 9 nitrogen and oxygen atoms in total. The molecule has 1 amide bonds. The Bertz CT molecular complexity index is 1450. The molecule has 3 aromatic rings. The fourth-order valence-electron chi connectivity index (χ4n) is 5.68. The number of halogens is 1. The number of allylic oxidation sites excluding steroid dienone is 1. The molecule has 0 bridgehead atoms. The molecule has 1 atom stereocenters. The minimum absolute atomic E-state index is 0.00647. The van der Waals surface area contributed by atoms with Gasteiger partial charge in [0.25, 0.3) is 6.01 Å². The van der Waals surface area contributed by atoms with Gasteiger partial charge < -0.3 is 25.3 Å². The number of ether oxygens (including phenoxy) is 1. The van der Waals surface area contributed by atoms with Gasteiger partial charge in [-0.05, 0) is 76.0 Å². The number of aromatic amines is 1. The molecule has 0 radical (unpaired) electrons. The van der Waals surface area contributed by atoms with Crippen LogP contribution in [0.15, 0.2) is 36.4 Å². The summed E-state index contributed by atoms with van der Waals surface area (Å²) in [7, 11) is 0. The Morgan fingerprint density at radius 2 is 1.80 bits per heavy atom. The van der Waals surface area contributed by atoms with Crippen LogP contribution in [-0.2, 0) is 9.59 Å². The van der Waals surface area contributed by atoms with Crippen molar-refractivity contribution in [3.63, 3.8) is 0 Å². The fourth-order valence-corrected chi connectivity index (χ4v) is 5.94. The topological polar surface area (TPSA) is 137 Å². The Hall–Kier alpha value is -3.43. The lowest BCUT2D eigenvalue weighted by atomic mass is 9.66. The molecule has 2 aromatic heterocycles. The van der Waals surface area contributed by atoms with Crippen LogP contribution in [0.5, 0.6) is 6.01 Å². The lowest BCUT2D eigenvalue weighted by Crippen LogP contribution is -2.52. The predicted molar refractivity (Wildman–Crippen MR) is 153 cm³/mol. The number of benzene rings is 1. The number of carbonyl (C=O) groups excluding carboxylic acids is 1. The molecule has 2 aliphatic carbocycles. The summed E-state index contributed by atoms with van der Waals surface area (Å²) in [4.78, 5) is 35.3. The number of nitrogens with zero attached hydrogens (tertiary/aromatic N) is 2. The third-order valence-electron chi connectivity index (χ3n) is 8.49. The van der Waals surface area contributed by atoms with Crippen molar-refractivity contribution in [2.75, 3.05) is 0 Å². The zero-order valence-electron chi connectivity index (χ0n) is 23.0. The number of carboxylic acids is 1. The number of carbonyl (C=O) groups is 2. The van der Waals surface area contributed by atoms with Gasteiger partial charge in [0.05, 0.1) is 27.2 Å². The molecule has 1 fully saturated rings. The van der Waals surface area contributed by atoms with Gasteiger partial charge in [-0.2, -0.15) is 4.98 Å². The molecule has 10 heteroatoms. The van der Waals surface area contributed by atoms with Crippen molar-refractivity contribution >= 4 is 40.2 Å². The van der Waals surface area contributed by atoms with Gasteiger partial charge in [0.2, 0.25) is 5.91 Å². The molecule has 40 heavy (non-hydrogen) atoms. The molecule has 0 saturated heterocycles. The molecule has 2 heterocycles. The minimum Gasteiger partial charge on any atom is -0.481 e. The summed E-state index contributed by atoms with van der Waals surface area (Å²) in [5, 5.41) is 24.0. The van der Waals surface area contributed by atoms with Crippen molar-refractivity contribution in [2.45, 2.75) is 83.5 Å². The molecule has 2 aliphatic rings. The van der Waals surface area contributed by atoms with Gasteiger partial charge in [-0.25, -0.2) is 4.98 Å². The Labute approximate surface area is 238 Å². The quantitative estimate of drug-likeness (QED) is 0.296. The van der Waals surface area contributed by atoms with Crippen LogP contribution in [0.3, 0.4) is 0 Å². The maximum absolute atomic E-state index is 11.6. The first kappa shape index (κ1) is 28.1. The summed E-state index contributed by atoms with van der Waals surface area (Å²) in [5.74, 6) is -1.00. The second-order valence-corrected chi connectivity index (χ2v) is 11.9. The van der Waals surface area contributed by atoms with Crippen LogP contribution < -0.4 is 10.1 Å². The second-order valence-electron chi connectivity index (χ2n) is 11.5. The van der Waals surface area contributed by atoms with Crippen LogP contribution in [-0.4, -0.2) is 54.8 Å². The van der Waals surface area contributed by atoms with Gasteiger partial charge in [0.1, 0.15) is 6.10 Å². The molecular formula is C30H35ClN4O5. The number of amides is 1. The lowest BCUT2D eigenvalue weighted by molar-refractivity contribution is -0.171. The van der Waals surface area contributed by atoms with Gasteiger partial charge in [-0.15, -0.1) is 0 Å². The number of hydrogen-bond donors (Lipinski definition) is 4. The van der Waals surface area contributed by atoms with Crippen molar-refractivity contribution in [1.29, 1.82) is 0 Å². The number of hydrogen-bond acceptors (Lipinski definition) is 6. The number of aromatic nitrogens is 3. The van der Waals surface area contributed by atoms with Crippen molar-refractivity contribution in [3.8, 4) is 17.3 Å². The van der Waals surface area contributed by atoms with E-state index < -0.39 is 17.0 Å². The molecule has 1 saturated carbocycles. The van der Waals surface area contributed by atoms with E-state index >= 15 is 0 Å². The first-order valence-electron chi connectivity index (χ1n) is 13.7. The van der Waals surface area contributed by atoms with Gasteiger partial charge in [-0.3, -0.25) is 9.59 Å². The average Bonchev–Trinajstić information content (AvgIpc) is 3.30. The van der Waals surface area contributed by atoms with Crippen molar-refractivity contribution in [2.24, 2.45) is 5.41 Å². The maximum atomic E-state index is 11.6. The number of aliphatic hydroxyl groups is 1. The van der Waals surface area contributed by atoms with Gasteiger partial charge >= 0.3 is 5.97 Å². The van der Waals surface area contributed by atoms with E-state index in [-0.39, 0.29) is 18.1 Å². The number of aliphatic carboxylic acids is 1. The monoisotopic (exact) mass is 566 g/mol. The van der Waals surface area contributed by atoms with E-state index in [1.807, 2.05) is 12.1 Å². The summed E-state index contributed by atoms with van der Waals surface area (Å²) >= 11 is 6.61. The van der Waals surface area contributed by atoms with E-state index in [1.165, 1.54) is 5.57 Å². The predicted octanol–water partition coefficient (Wildman–Crippen LogP) is 5.51. The van der Waals surface area contributed by atoms with Crippen LogP contribution in [0.2, 0.25) is 5.02 Å². The summed E-state index contributed by atoms with van der Waals surface area (Å²) in [6, 6.07) is 10.4. The number of carboxylic acid groups (broad SMARTS) is 1. The molecule has 1 unspecified atom stereocenters. The highest BCUT2D eigenvalue weighted by Crippen LogP contribution is 2.43. The zero-order chi connectivity index (χ0) is 28.7. The number of imidazole rings is 1. The molecular weight excluding hydrogens is 532 g/mol. The van der Waals surface area contributed by atoms with Crippen LogP contribution in [0, 0.1) is 5.41 Å². The molecule has 1 aromatic carbocycles. The van der Waals surface area contributed by atoms with Crippen LogP contribution >= 0.6 is 11.6 Å². The van der Waals surface area contributed by atoms with E-state index in [1.54, 1.807) is 26.8 Å². The second kappa shape index (κ2) is 10.9. The summed E-state index contributed by atoms with van der Waals surface area (Å²) < 4.78 is 6.07. The first-order valence-corrected chi connectivity index (χ1v) is 14.1. The third-order valence-corrected chi connectivity index (χ3v) is 8.78. The van der Waals surface area contributed by atoms with E-state index in [2.05, 4.69) is 33.5 Å². The number of pyridine rings is 1. The highest BCUT2D eigenvalue weighted by Gasteiger charge is 2.50. The Balaban J connectivity index is 1.27. The van der Waals surface area contributed by atoms with Gasteiger partial charge in [0.15, 0.2) is 5.65 Å². The molecule has 5 rings (SSSR count). The molecule has 4 N–H and O–H groups in total. The van der Waals surface area contributed by atoms with Crippen LogP contribution in [0.4, 0.5) is 0 Å². The number of rotatable bonds is 7. The van der Waals surface area contributed by atoms with Crippen LogP contribution in [0.25, 0.3) is 28.0 Å². The number of H-pyrrole nitrogens is 1. The Kier molecular flexibility index (Phi) is 7.63. The summed E-state index contributed by atoms with van der Waals surface area (Å²) in [6.07, 6.45) is 6.33. The zero-order valence-corrected chi connectivity index (χ0v) is 23.7. The molecule has 212 valence electrons. The standard InChI is InChI=1S/C30H35ClN4O5/c1-17(36)32-21-10-8-19(9-11-21)18-4-6-20(7-5-18)25-23(31)16-24-26(34-25)35-28(33-24)40-22-12-14-30(39,15-13-22)29(2,3)27(37)38/h4-8,16,21-22,39H,9-15H2,1-3H3,(H,32,36)(H,37,38)(H,33,34,35)/t21?,22-,30+. The van der Waals surface area contributed by atoms with Crippen molar-refractivity contribution in [1.82, 2.24) is 20.3 Å². The molecule has 0 aliphatic heterocycles. The van der Waals surface area contributed by atoms with Gasteiger partial charge in [-0.1, -0.05) is 41.9 Å². The minimum atomic E-state index is -1.28. The SMILES string of the molecule is CC(=O)NC1CC=C(c2ccc(-c3nc4nc(O[C@H]5CC[C@](O)(C(C)(C)C(=O)O)CC5)[nH]c4cc3Cl)cc2)CC1. The first-order chi connectivity index (χ1) is 18.9. The van der Waals surface area contributed by atoms with E-state index in [0.717, 1.165) is 30.4 Å². The van der Waals surface area contributed by atoms with E-state index in [0.29, 0.717) is 53.6 Å². The average molecular weight is 567 g/mol. The third kappa shape index (κ3) is 5.58. The van der Waals surface area contributed by atoms with Crippen LogP contribution in [0.1, 0.15) is 71.3 Å².